The highest BCUT2D eigenvalue weighted by Crippen LogP contribution is 2.35. The molecular weight excluding hydrogens is 378 g/mol. The molecule has 0 radical (unpaired) electrons. The minimum Gasteiger partial charge on any atom is -0.320 e. The van der Waals surface area contributed by atoms with Crippen LogP contribution in [0.2, 0.25) is 0 Å². The third-order valence-electron chi connectivity index (χ3n) is 6.12. The lowest BCUT2D eigenvalue weighted by Gasteiger charge is -2.16. The van der Waals surface area contributed by atoms with Crippen molar-refractivity contribution >= 4 is 17.5 Å². The van der Waals surface area contributed by atoms with E-state index in [1.165, 1.54) is 31.4 Å². The predicted octanol–water partition coefficient (Wildman–Crippen LogP) is 6.00. The molecular formula is C24H29N3OS. The quantitative estimate of drug-likeness (QED) is 0.372. The van der Waals surface area contributed by atoms with E-state index in [-0.39, 0.29) is 5.78 Å². The number of thioether (sulfide) groups is 1. The van der Waals surface area contributed by atoms with Crippen LogP contribution in [-0.4, -0.2) is 25.7 Å². The fourth-order valence-electron chi connectivity index (χ4n) is 4.52. The standard InChI is InChI=1S/C24H29N3OS/c1-16-14-22(19(4)26(16)20-10-6-5-7-11-20)23(28)15-29-24-25-17(2)18(3)27(24)21-12-8-9-13-21/h5-7,10-11,14,21H,8-9,12-13,15H2,1-4H3. The van der Waals surface area contributed by atoms with Crippen LogP contribution in [0.25, 0.3) is 5.69 Å². The van der Waals surface area contributed by atoms with Gasteiger partial charge in [-0.05, 0) is 58.7 Å². The van der Waals surface area contributed by atoms with Crippen molar-refractivity contribution in [1.29, 1.82) is 0 Å². The van der Waals surface area contributed by atoms with Gasteiger partial charge >= 0.3 is 0 Å². The molecule has 1 aliphatic carbocycles. The molecule has 4 rings (SSSR count). The summed E-state index contributed by atoms with van der Waals surface area (Å²) >= 11 is 1.58. The molecule has 0 bridgehead atoms. The van der Waals surface area contributed by atoms with Crippen LogP contribution in [0, 0.1) is 27.7 Å². The first kappa shape index (κ1) is 20.0. The molecule has 0 aliphatic heterocycles. The molecule has 0 spiro atoms. The zero-order valence-electron chi connectivity index (χ0n) is 17.7. The number of hydrogen-bond donors (Lipinski definition) is 0. The number of aryl methyl sites for hydroxylation is 2. The first-order valence-corrected chi connectivity index (χ1v) is 11.4. The number of nitrogens with zero attached hydrogens (tertiary/aromatic N) is 3. The van der Waals surface area contributed by atoms with Gasteiger partial charge in [0.2, 0.25) is 0 Å². The van der Waals surface area contributed by atoms with E-state index in [2.05, 4.69) is 42.0 Å². The first-order valence-electron chi connectivity index (χ1n) is 10.4. The monoisotopic (exact) mass is 407 g/mol. The number of aromatic nitrogens is 3. The molecule has 1 fully saturated rings. The number of rotatable bonds is 6. The van der Waals surface area contributed by atoms with Crippen LogP contribution in [0.1, 0.15) is 64.9 Å². The lowest BCUT2D eigenvalue weighted by Crippen LogP contribution is -2.10. The normalized spacial score (nSPS) is 14.6. The number of imidazole rings is 1. The minimum absolute atomic E-state index is 0.168. The van der Waals surface area contributed by atoms with E-state index in [0.717, 1.165) is 33.5 Å². The van der Waals surface area contributed by atoms with Gasteiger partial charge in [0.15, 0.2) is 10.9 Å². The van der Waals surface area contributed by atoms with Crippen molar-refractivity contribution in [1.82, 2.24) is 14.1 Å². The third kappa shape index (κ3) is 3.80. The van der Waals surface area contributed by atoms with E-state index in [4.69, 9.17) is 4.98 Å². The highest BCUT2D eigenvalue weighted by Gasteiger charge is 2.24. The number of Topliss-reactive ketones (excluding diaryl/α,β-unsaturated/α-hetero) is 1. The van der Waals surface area contributed by atoms with Crippen LogP contribution >= 0.6 is 11.8 Å². The van der Waals surface area contributed by atoms with Crippen LogP contribution in [0.4, 0.5) is 0 Å². The number of carbonyl (C=O) groups is 1. The zero-order chi connectivity index (χ0) is 20.5. The van der Waals surface area contributed by atoms with Gasteiger partial charge in [0.1, 0.15) is 0 Å². The maximum Gasteiger partial charge on any atom is 0.175 e. The molecule has 2 aromatic heterocycles. The van der Waals surface area contributed by atoms with Crippen LogP contribution in [0.3, 0.4) is 0 Å². The molecule has 1 aromatic carbocycles. The number of para-hydroxylation sites is 1. The molecule has 0 amide bonds. The zero-order valence-corrected chi connectivity index (χ0v) is 18.6. The van der Waals surface area contributed by atoms with Crippen molar-refractivity contribution in [3.05, 3.63) is 64.7 Å². The Balaban J connectivity index is 1.55. The van der Waals surface area contributed by atoms with Crippen molar-refractivity contribution < 1.29 is 4.79 Å². The van der Waals surface area contributed by atoms with Crippen molar-refractivity contribution in [2.75, 3.05) is 5.75 Å². The summed E-state index contributed by atoms with van der Waals surface area (Å²) in [6.07, 6.45) is 5.01. The van der Waals surface area contributed by atoms with E-state index < -0.39 is 0 Å². The minimum atomic E-state index is 0.168. The molecule has 1 saturated carbocycles. The van der Waals surface area contributed by atoms with Gasteiger partial charge in [-0.25, -0.2) is 4.98 Å². The Hall–Kier alpha value is -2.27. The van der Waals surface area contributed by atoms with E-state index >= 15 is 0 Å². The molecule has 0 N–H and O–H groups in total. The van der Waals surface area contributed by atoms with E-state index in [1.807, 2.05) is 31.2 Å². The number of hydrogen-bond acceptors (Lipinski definition) is 3. The van der Waals surface area contributed by atoms with Gasteiger partial charge in [0.05, 0.1) is 11.4 Å². The van der Waals surface area contributed by atoms with Gasteiger partial charge in [-0.15, -0.1) is 0 Å². The molecule has 0 saturated heterocycles. The van der Waals surface area contributed by atoms with E-state index in [0.29, 0.717) is 11.8 Å². The van der Waals surface area contributed by atoms with Crippen molar-refractivity contribution in [3.8, 4) is 5.69 Å². The maximum atomic E-state index is 13.1. The molecule has 1 aliphatic rings. The van der Waals surface area contributed by atoms with Gasteiger partial charge in [-0.1, -0.05) is 42.8 Å². The lowest BCUT2D eigenvalue weighted by atomic mass is 10.2. The highest BCUT2D eigenvalue weighted by atomic mass is 32.2. The van der Waals surface area contributed by atoms with Gasteiger partial charge < -0.3 is 9.13 Å². The summed E-state index contributed by atoms with van der Waals surface area (Å²) in [6.45, 7) is 8.31. The second-order valence-electron chi connectivity index (χ2n) is 8.04. The molecule has 2 heterocycles. The van der Waals surface area contributed by atoms with Crippen molar-refractivity contribution in [3.63, 3.8) is 0 Å². The van der Waals surface area contributed by atoms with Crippen LogP contribution in [0.15, 0.2) is 41.6 Å². The fourth-order valence-corrected chi connectivity index (χ4v) is 5.56. The molecule has 152 valence electrons. The Morgan fingerprint density at radius 3 is 2.45 bits per heavy atom. The predicted molar refractivity (Wildman–Crippen MR) is 120 cm³/mol. The summed E-state index contributed by atoms with van der Waals surface area (Å²) in [7, 11) is 0. The van der Waals surface area contributed by atoms with Crippen LogP contribution in [0.5, 0.6) is 0 Å². The maximum absolute atomic E-state index is 13.1. The van der Waals surface area contributed by atoms with Crippen LogP contribution in [-0.2, 0) is 0 Å². The van der Waals surface area contributed by atoms with Crippen molar-refractivity contribution in [2.45, 2.75) is 64.6 Å². The summed E-state index contributed by atoms with van der Waals surface area (Å²) in [5.41, 5.74) is 6.32. The largest absolute Gasteiger partial charge is 0.320 e. The molecule has 3 aromatic rings. The van der Waals surface area contributed by atoms with Gasteiger partial charge in [0.25, 0.3) is 0 Å². The fraction of sp³-hybridized carbons (Fsp3) is 0.417. The summed E-state index contributed by atoms with van der Waals surface area (Å²) in [6, 6.07) is 12.8. The second kappa shape index (κ2) is 8.23. The van der Waals surface area contributed by atoms with E-state index in [9.17, 15) is 4.79 Å². The first-order chi connectivity index (χ1) is 14.0. The molecule has 4 nitrogen and oxygen atoms in total. The second-order valence-corrected chi connectivity index (χ2v) is 8.98. The van der Waals surface area contributed by atoms with Crippen LogP contribution < -0.4 is 0 Å². The Morgan fingerprint density at radius 1 is 1.07 bits per heavy atom. The summed E-state index contributed by atoms with van der Waals surface area (Å²) in [5.74, 6) is 0.586. The highest BCUT2D eigenvalue weighted by molar-refractivity contribution is 7.99. The van der Waals surface area contributed by atoms with Gasteiger partial charge in [-0.3, -0.25) is 4.79 Å². The number of benzene rings is 1. The topological polar surface area (TPSA) is 39.8 Å². The Kier molecular flexibility index (Phi) is 5.68. The Labute approximate surface area is 177 Å². The SMILES string of the molecule is Cc1nc(SCC(=O)c2cc(C)n(-c3ccccc3)c2C)n(C2CCCC2)c1C. The molecule has 29 heavy (non-hydrogen) atoms. The average molecular weight is 408 g/mol. The smallest absolute Gasteiger partial charge is 0.175 e. The number of carbonyl (C=O) groups excluding carboxylic acids is 1. The van der Waals surface area contributed by atoms with Gasteiger partial charge in [-0.2, -0.15) is 0 Å². The molecule has 5 heteroatoms. The Bertz CT molecular complexity index is 1030. The molecule has 0 atom stereocenters. The summed E-state index contributed by atoms with van der Waals surface area (Å²) < 4.78 is 4.54. The third-order valence-corrected chi connectivity index (χ3v) is 7.08. The summed E-state index contributed by atoms with van der Waals surface area (Å²) in [4.78, 5) is 17.9. The molecule has 0 unspecified atom stereocenters. The Morgan fingerprint density at radius 2 is 1.76 bits per heavy atom. The number of ketones is 1. The van der Waals surface area contributed by atoms with Gasteiger partial charge in [0, 0.05) is 34.4 Å². The van der Waals surface area contributed by atoms with E-state index in [1.54, 1.807) is 11.8 Å². The van der Waals surface area contributed by atoms with Crippen molar-refractivity contribution in [2.24, 2.45) is 0 Å². The average Bonchev–Trinajstić information content (AvgIpc) is 3.40. The lowest BCUT2D eigenvalue weighted by molar-refractivity contribution is 0.102. The summed E-state index contributed by atoms with van der Waals surface area (Å²) in [5, 5.41) is 0.997.